The van der Waals surface area contributed by atoms with Crippen LogP contribution in [0, 0.1) is 0 Å². The van der Waals surface area contributed by atoms with E-state index in [2.05, 4.69) is 13.2 Å². The van der Waals surface area contributed by atoms with Crippen LogP contribution in [0.2, 0.25) is 0 Å². The van der Waals surface area contributed by atoms with E-state index < -0.39 is 6.10 Å². The van der Waals surface area contributed by atoms with Gasteiger partial charge in [-0.15, -0.1) is 13.2 Å². The molecule has 0 aromatic carbocycles. The summed E-state index contributed by atoms with van der Waals surface area (Å²) in [5.41, 5.74) is 0. The molecule has 90 valence electrons. The van der Waals surface area contributed by atoms with E-state index >= 15 is 0 Å². The highest BCUT2D eigenvalue weighted by Crippen LogP contribution is 2.27. The van der Waals surface area contributed by atoms with Crippen molar-refractivity contribution >= 4 is 5.97 Å². The zero-order valence-corrected chi connectivity index (χ0v) is 9.46. The SMILES string of the molecule is C=C[C@@H](O)CCC(=O)O[C@@H](C)[C@H]1O[C@H]1C=C. The van der Waals surface area contributed by atoms with Crippen molar-refractivity contribution < 1.29 is 19.4 Å². The second-order valence-corrected chi connectivity index (χ2v) is 3.84. The van der Waals surface area contributed by atoms with Gasteiger partial charge in [0.25, 0.3) is 0 Å². The fourth-order valence-corrected chi connectivity index (χ4v) is 1.42. The van der Waals surface area contributed by atoms with Gasteiger partial charge in [-0.05, 0) is 13.3 Å². The third-order valence-corrected chi connectivity index (χ3v) is 2.49. The predicted molar refractivity (Wildman–Crippen MR) is 59.8 cm³/mol. The van der Waals surface area contributed by atoms with Crippen LogP contribution in [-0.4, -0.2) is 35.5 Å². The number of epoxide rings is 1. The van der Waals surface area contributed by atoms with Crippen LogP contribution >= 0.6 is 0 Å². The van der Waals surface area contributed by atoms with Crippen LogP contribution in [-0.2, 0) is 14.3 Å². The van der Waals surface area contributed by atoms with Crippen LogP contribution in [0.1, 0.15) is 19.8 Å². The van der Waals surface area contributed by atoms with Crippen molar-refractivity contribution in [1.29, 1.82) is 0 Å². The van der Waals surface area contributed by atoms with Crippen molar-refractivity contribution in [3.8, 4) is 0 Å². The lowest BCUT2D eigenvalue weighted by molar-refractivity contribution is -0.149. The van der Waals surface area contributed by atoms with Crippen molar-refractivity contribution in [3.05, 3.63) is 25.3 Å². The lowest BCUT2D eigenvalue weighted by atomic mass is 10.2. The largest absolute Gasteiger partial charge is 0.460 e. The Morgan fingerprint density at radius 3 is 2.81 bits per heavy atom. The number of aliphatic hydroxyl groups excluding tert-OH is 1. The minimum atomic E-state index is -0.652. The van der Waals surface area contributed by atoms with Gasteiger partial charge in [-0.25, -0.2) is 0 Å². The summed E-state index contributed by atoms with van der Waals surface area (Å²) in [5.74, 6) is -0.327. The van der Waals surface area contributed by atoms with Gasteiger partial charge in [0.1, 0.15) is 18.3 Å². The number of carbonyl (C=O) groups is 1. The second-order valence-electron chi connectivity index (χ2n) is 3.84. The Labute approximate surface area is 95.6 Å². The molecule has 0 aromatic rings. The van der Waals surface area contributed by atoms with Gasteiger partial charge in [-0.3, -0.25) is 4.79 Å². The first-order valence-corrected chi connectivity index (χ1v) is 5.36. The summed E-state index contributed by atoms with van der Waals surface area (Å²) in [6.07, 6.45) is 2.63. The number of rotatable bonds is 7. The second kappa shape index (κ2) is 5.82. The Kier molecular flexibility index (Phi) is 4.71. The molecular formula is C12H18O4. The van der Waals surface area contributed by atoms with Crippen LogP contribution in [0.25, 0.3) is 0 Å². The van der Waals surface area contributed by atoms with Crippen LogP contribution in [0.5, 0.6) is 0 Å². The number of carbonyl (C=O) groups excluding carboxylic acids is 1. The number of ether oxygens (including phenoxy) is 2. The van der Waals surface area contributed by atoms with Gasteiger partial charge in [0.2, 0.25) is 0 Å². The highest BCUT2D eigenvalue weighted by atomic mass is 16.6. The molecule has 0 bridgehead atoms. The van der Waals surface area contributed by atoms with E-state index in [0.717, 1.165) is 0 Å². The molecule has 4 heteroatoms. The standard InChI is InChI=1S/C12H18O4/c1-4-9(13)6-7-11(14)15-8(3)12-10(5-2)16-12/h4-5,8-10,12-13H,1-2,6-7H2,3H3/t8-,9+,10-,12+/m0/s1. The Bertz CT molecular complexity index is 274. The summed E-state index contributed by atoms with van der Waals surface area (Å²) in [5, 5.41) is 9.18. The molecule has 1 saturated heterocycles. The molecule has 1 rings (SSSR count). The molecule has 1 aliphatic rings. The van der Waals surface area contributed by atoms with E-state index in [4.69, 9.17) is 9.47 Å². The first kappa shape index (κ1) is 12.9. The molecule has 1 N–H and O–H groups in total. The fourth-order valence-electron chi connectivity index (χ4n) is 1.42. The zero-order valence-electron chi connectivity index (χ0n) is 9.46. The van der Waals surface area contributed by atoms with Crippen molar-refractivity contribution in [2.75, 3.05) is 0 Å². The Morgan fingerprint density at radius 1 is 1.62 bits per heavy atom. The van der Waals surface area contributed by atoms with E-state index in [9.17, 15) is 9.90 Å². The Balaban J connectivity index is 2.19. The van der Waals surface area contributed by atoms with Gasteiger partial charge >= 0.3 is 5.97 Å². The molecule has 1 aliphatic heterocycles. The summed E-state index contributed by atoms with van der Waals surface area (Å²) in [6.45, 7) is 8.81. The number of esters is 1. The molecule has 0 saturated carbocycles. The molecule has 0 amide bonds. The van der Waals surface area contributed by atoms with Crippen molar-refractivity contribution in [2.45, 2.75) is 44.2 Å². The average molecular weight is 226 g/mol. The molecule has 1 heterocycles. The monoisotopic (exact) mass is 226 g/mol. The molecule has 0 aliphatic carbocycles. The Morgan fingerprint density at radius 2 is 2.31 bits per heavy atom. The number of aliphatic hydroxyl groups is 1. The summed E-state index contributed by atoms with van der Waals surface area (Å²) in [6, 6.07) is 0. The molecule has 1 fully saturated rings. The fraction of sp³-hybridized carbons (Fsp3) is 0.583. The molecule has 4 nitrogen and oxygen atoms in total. The number of hydrogen-bond donors (Lipinski definition) is 1. The van der Waals surface area contributed by atoms with Crippen LogP contribution < -0.4 is 0 Å². The molecule has 0 unspecified atom stereocenters. The van der Waals surface area contributed by atoms with Crippen molar-refractivity contribution in [1.82, 2.24) is 0 Å². The summed E-state index contributed by atoms with van der Waals surface area (Å²) in [7, 11) is 0. The Hall–Kier alpha value is -1.13. The summed E-state index contributed by atoms with van der Waals surface area (Å²) < 4.78 is 10.4. The predicted octanol–water partition coefficient (Wildman–Crippen LogP) is 1.20. The number of hydrogen-bond acceptors (Lipinski definition) is 4. The maximum absolute atomic E-state index is 11.4. The molecule has 4 atom stereocenters. The maximum Gasteiger partial charge on any atom is 0.306 e. The van der Waals surface area contributed by atoms with Crippen LogP contribution in [0.4, 0.5) is 0 Å². The quantitative estimate of drug-likeness (QED) is 0.402. The van der Waals surface area contributed by atoms with Crippen molar-refractivity contribution in [3.63, 3.8) is 0 Å². The minimum absolute atomic E-state index is 0.00145. The van der Waals surface area contributed by atoms with Gasteiger partial charge in [0.15, 0.2) is 0 Å². The topological polar surface area (TPSA) is 59.1 Å². The van der Waals surface area contributed by atoms with E-state index in [1.807, 2.05) is 0 Å². The molecule has 0 radical (unpaired) electrons. The summed E-state index contributed by atoms with van der Waals surface area (Å²) in [4.78, 5) is 11.4. The highest BCUT2D eigenvalue weighted by Gasteiger charge is 2.42. The summed E-state index contributed by atoms with van der Waals surface area (Å²) >= 11 is 0. The van der Waals surface area contributed by atoms with Crippen LogP contribution in [0.3, 0.4) is 0 Å². The van der Waals surface area contributed by atoms with Gasteiger partial charge in [0, 0.05) is 6.42 Å². The smallest absolute Gasteiger partial charge is 0.306 e. The zero-order chi connectivity index (χ0) is 12.1. The van der Waals surface area contributed by atoms with Gasteiger partial charge < -0.3 is 14.6 Å². The molecule has 0 spiro atoms. The first-order chi connectivity index (χ1) is 7.58. The van der Waals surface area contributed by atoms with Gasteiger partial charge in [0.05, 0.1) is 6.10 Å². The lowest BCUT2D eigenvalue weighted by Crippen LogP contribution is -2.22. The average Bonchev–Trinajstić information content (AvgIpc) is 3.05. The van der Waals surface area contributed by atoms with E-state index in [1.165, 1.54) is 6.08 Å². The van der Waals surface area contributed by atoms with E-state index in [-0.39, 0.29) is 30.7 Å². The van der Waals surface area contributed by atoms with Crippen LogP contribution in [0.15, 0.2) is 25.3 Å². The normalized spacial score (nSPS) is 26.6. The molecule has 16 heavy (non-hydrogen) atoms. The lowest BCUT2D eigenvalue weighted by Gasteiger charge is -2.11. The minimum Gasteiger partial charge on any atom is -0.460 e. The molecule has 0 aromatic heterocycles. The van der Waals surface area contributed by atoms with E-state index in [0.29, 0.717) is 6.42 Å². The van der Waals surface area contributed by atoms with Gasteiger partial charge in [-0.1, -0.05) is 12.2 Å². The maximum atomic E-state index is 11.4. The first-order valence-electron chi connectivity index (χ1n) is 5.36. The van der Waals surface area contributed by atoms with Crippen molar-refractivity contribution in [2.24, 2.45) is 0 Å². The van der Waals surface area contributed by atoms with E-state index in [1.54, 1.807) is 13.0 Å². The highest BCUT2D eigenvalue weighted by molar-refractivity contribution is 5.69. The third-order valence-electron chi connectivity index (χ3n) is 2.49. The third kappa shape index (κ3) is 3.79. The van der Waals surface area contributed by atoms with Gasteiger partial charge in [-0.2, -0.15) is 0 Å². The molecular weight excluding hydrogens is 208 g/mol.